The fraction of sp³-hybridized carbons (Fsp3) is 0.458. The van der Waals surface area contributed by atoms with Crippen LogP contribution in [0.1, 0.15) is 62.0 Å². The summed E-state index contributed by atoms with van der Waals surface area (Å²) in [5, 5.41) is 2.07. The van der Waals surface area contributed by atoms with E-state index in [4.69, 9.17) is 39.5 Å². The van der Waals surface area contributed by atoms with Crippen LogP contribution in [-0.2, 0) is 9.53 Å². The van der Waals surface area contributed by atoms with Crippen molar-refractivity contribution in [1.82, 2.24) is 0 Å². The molecule has 1 aliphatic rings. The Balaban J connectivity index is 2.02. The number of carbonyl (C=O) groups is 1. The number of halogens is 3. The molecule has 3 rings (SSSR count). The van der Waals surface area contributed by atoms with E-state index in [2.05, 4.69) is 25.1 Å². The van der Waals surface area contributed by atoms with Gasteiger partial charge in [-0.25, -0.2) is 0 Å². The summed E-state index contributed by atoms with van der Waals surface area (Å²) in [6.45, 7) is 2.94. The highest BCUT2D eigenvalue weighted by atomic mass is 35.5. The average Bonchev–Trinajstić information content (AvgIpc) is 3.11. The number of rotatable bonds is 9. The summed E-state index contributed by atoms with van der Waals surface area (Å²) >= 11 is 19.0. The van der Waals surface area contributed by atoms with Crippen molar-refractivity contribution in [2.75, 3.05) is 6.61 Å². The molecule has 1 heterocycles. The molecule has 2 unspecified atom stereocenters. The summed E-state index contributed by atoms with van der Waals surface area (Å²) in [6, 6.07) is 14.0. The minimum absolute atomic E-state index is 0.180. The number of carbonyl (C=O) groups excluding carboxylic acids is 1. The summed E-state index contributed by atoms with van der Waals surface area (Å²) in [5.74, 6) is 0.848. The molecule has 0 amide bonds. The molecule has 5 heteroatoms. The molecule has 1 aliphatic heterocycles. The summed E-state index contributed by atoms with van der Waals surface area (Å²) in [7, 11) is 0. The van der Waals surface area contributed by atoms with Crippen LogP contribution in [0.2, 0.25) is 15.1 Å². The molecule has 0 N–H and O–H groups in total. The summed E-state index contributed by atoms with van der Waals surface area (Å²) in [6.07, 6.45) is 5.59. The minimum Gasteiger partial charge on any atom is -0.378 e. The monoisotopic (exact) mass is 452 g/mol. The van der Waals surface area contributed by atoms with Gasteiger partial charge >= 0.3 is 0 Å². The summed E-state index contributed by atoms with van der Waals surface area (Å²) < 4.78 is 5.94. The fourth-order valence-corrected chi connectivity index (χ4v) is 5.28. The van der Waals surface area contributed by atoms with Gasteiger partial charge in [-0.15, -0.1) is 0 Å². The Labute approximate surface area is 188 Å². The molecule has 0 radical (unpaired) electrons. The zero-order valence-electron chi connectivity index (χ0n) is 16.6. The van der Waals surface area contributed by atoms with E-state index < -0.39 is 0 Å². The van der Waals surface area contributed by atoms with Gasteiger partial charge in [0.15, 0.2) is 0 Å². The molecule has 1 fully saturated rings. The Morgan fingerprint density at radius 1 is 1.07 bits per heavy atom. The lowest BCUT2D eigenvalue weighted by Gasteiger charge is -2.35. The quantitative estimate of drug-likeness (QED) is 0.287. The SMILES string of the molecule is CC1OCCC1[C@@H](c1ccc(Cl)cc1)[C@@H](CCCCC=O)c1ccc(Cl)cc1Cl. The van der Waals surface area contributed by atoms with Crippen molar-refractivity contribution in [3.05, 3.63) is 68.7 Å². The van der Waals surface area contributed by atoms with Gasteiger partial charge in [-0.2, -0.15) is 0 Å². The van der Waals surface area contributed by atoms with Crippen molar-refractivity contribution in [3.63, 3.8) is 0 Å². The van der Waals surface area contributed by atoms with E-state index in [1.54, 1.807) is 0 Å². The second kappa shape index (κ2) is 10.8. The van der Waals surface area contributed by atoms with E-state index in [1.165, 1.54) is 5.56 Å². The van der Waals surface area contributed by atoms with Gasteiger partial charge in [0.25, 0.3) is 0 Å². The van der Waals surface area contributed by atoms with Crippen molar-refractivity contribution in [1.29, 1.82) is 0 Å². The van der Waals surface area contributed by atoms with Crippen LogP contribution < -0.4 is 0 Å². The third-order valence-corrected chi connectivity index (χ3v) is 6.85. The van der Waals surface area contributed by atoms with Gasteiger partial charge in [-0.3, -0.25) is 0 Å². The van der Waals surface area contributed by atoms with Gasteiger partial charge in [-0.1, -0.05) is 59.4 Å². The zero-order chi connectivity index (χ0) is 20.8. The predicted molar refractivity (Wildman–Crippen MR) is 121 cm³/mol. The average molecular weight is 454 g/mol. The van der Waals surface area contributed by atoms with E-state index in [0.717, 1.165) is 49.2 Å². The molecule has 0 saturated carbocycles. The first-order valence-electron chi connectivity index (χ1n) is 10.3. The minimum atomic E-state index is 0.180. The first-order chi connectivity index (χ1) is 14.0. The van der Waals surface area contributed by atoms with Crippen LogP contribution in [0.5, 0.6) is 0 Å². The second-order valence-corrected chi connectivity index (χ2v) is 9.11. The number of ether oxygens (including phenoxy) is 1. The van der Waals surface area contributed by atoms with Crippen LogP contribution in [0.3, 0.4) is 0 Å². The third-order valence-electron chi connectivity index (χ3n) is 6.03. The Bertz CT molecular complexity index is 806. The number of unbranched alkanes of at least 4 members (excludes halogenated alkanes) is 2. The smallest absolute Gasteiger partial charge is 0.119 e. The third kappa shape index (κ3) is 5.76. The van der Waals surface area contributed by atoms with Gasteiger partial charge in [-0.05, 0) is 79.3 Å². The molecule has 2 nitrogen and oxygen atoms in total. The van der Waals surface area contributed by atoms with Crippen molar-refractivity contribution >= 4 is 41.1 Å². The lowest BCUT2D eigenvalue weighted by atomic mass is 9.70. The van der Waals surface area contributed by atoms with Crippen LogP contribution in [-0.4, -0.2) is 19.0 Å². The first-order valence-corrected chi connectivity index (χ1v) is 11.4. The van der Waals surface area contributed by atoms with Crippen LogP contribution >= 0.6 is 34.8 Å². The second-order valence-electron chi connectivity index (χ2n) is 7.83. The maximum atomic E-state index is 10.8. The molecule has 29 heavy (non-hydrogen) atoms. The highest BCUT2D eigenvalue weighted by molar-refractivity contribution is 6.35. The molecular weight excluding hydrogens is 427 g/mol. The van der Waals surface area contributed by atoms with Gasteiger partial charge in [0, 0.05) is 28.1 Å². The highest BCUT2D eigenvalue weighted by Crippen LogP contribution is 2.48. The predicted octanol–water partition coefficient (Wildman–Crippen LogP) is 7.70. The molecular formula is C24H27Cl3O2. The Morgan fingerprint density at radius 2 is 1.79 bits per heavy atom. The van der Waals surface area contributed by atoms with E-state index in [0.29, 0.717) is 22.4 Å². The van der Waals surface area contributed by atoms with Crippen LogP contribution in [0, 0.1) is 5.92 Å². The Hall–Kier alpha value is -1.06. The van der Waals surface area contributed by atoms with Crippen molar-refractivity contribution < 1.29 is 9.53 Å². The molecule has 1 saturated heterocycles. The Kier molecular flexibility index (Phi) is 8.44. The van der Waals surface area contributed by atoms with E-state index in [-0.39, 0.29) is 17.9 Å². The van der Waals surface area contributed by atoms with Crippen LogP contribution in [0.15, 0.2) is 42.5 Å². The Morgan fingerprint density at radius 3 is 2.41 bits per heavy atom. The first kappa shape index (κ1) is 22.6. The molecule has 0 bridgehead atoms. The molecule has 0 aromatic heterocycles. The topological polar surface area (TPSA) is 26.3 Å². The normalized spacial score (nSPS) is 21.1. The number of hydrogen-bond donors (Lipinski definition) is 0. The van der Waals surface area contributed by atoms with Gasteiger partial charge < -0.3 is 9.53 Å². The van der Waals surface area contributed by atoms with Crippen molar-refractivity contribution in [2.45, 2.75) is 57.0 Å². The van der Waals surface area contributed by atoms with Crippen LogP contribution in [0.4, 0.5) is 0 Å². The molecule has 2 aromatic carbocycles. The zero-order valence-corrected chi connectivity index (χ0v) is 18.9. The van der Waals surface area contributed by atoms with Crippen LogP contribution in [0.25, 0.3) is 0 Å². The maximum absolute atomic E-state index is 10.8. The van der Waals surface area contributed by atoms with Crippen molar-refractivity contribution in [2.24, 2.45) is 5.92 Å². The summed E-state index contributed by atoms with van der Waals surface area (Å²) in [5.41, 5.74) is 2.37. The highest BCUT2D eigenvalue weighted by Gasteiger charge is 2.38. The number of hydrogen-bond acceptors (Lipinski definition) is 2. The maximum Gasteiger partial charge on any atom is 0.119 e. The van der Waals surface area contributed by atoms with Crippen molar-refractivity contribution in [3.8, 4) is 0 Å². The number of benzene rings is 2. The number of aldehydes is 1. The molecule has 156 valence electrons. The molecule has 4 atom stereocenters. The van der Waals surface area contributed by atoms with E-state index in [9.17, 15) is 4.79 Å². The lowest BCUT2D eigenvalue weighted by Crippen LogP contribution is -2.26. The standard InChI is InChI=1S/C24H27Cl3O2/c1-16-20(12-14-29-16)24(17-6-8-18(25)9-7-17)22(5-3-2-4-13-28)21-11-10-19(26)15-23(21)27/h6-11,13,15-16,20,22,24H,2-5,12,14H2,1H3/t16?,20?,22-,24+/m0/s1. The summed E-state index contributed by atoms with van der Waals surface area (Å²) in [4.78, 5) is 10.8. The largest absolute Gasteiger partial charge is 0.378 e. The molecule has 0 spiro atoms. The molecule has 2 aromatic rings. The fourth-order valence-electron chi connectivity index (χ4n) is 4.61. The van der Waals surface area contributed by atoms with E-state index >= 15 is 0 Å². The molecule has 0 aliphatic carbocycles. The lowest BCUT2D eigenvalue weighted by molar-refractivity contribution is -0.107. The van der Waals surface area contributed by atoms with Gasteiger partial charge in [0.1, 0.15) is 6.29 Å². The van der Waals surface area contributed by atoms with Gasteiger partial charge in [0.05, 0.1) is 6.10 Å². The van der Waals surface area contributed by atoms with Gasteiger partial charge in [0.2, 0.25) is 0 Å². The van der Waals surface area contributed by atoms with E-state index in [1.807, 2.05) is 24.3 Å².